The fourth-order valence-corrected chi connectivity index (χ4v) is 5.92. The number of amides is 1. The standard InChI is InChI=1S/C26H31N3O4S/c1-19(22-12-8-10-20-9-4-5-11-23(20)22)27-18-26(30)28-24-17-21(13-14-25(24)33-2)34(31,32)29-15-6-3-7-16-29/h4-5,8-14,17,19,27H,3,6-7,15-16,18H2,1-2H3,(H,28,30). The van der Waals surface area contributed by atoms with Gasteiger partial charge < -0.3 is 15.4 Å². The number of hydrogen-bond donors (Lipinski definition) is 2. The average molecular weight is 482 g/mol. The molecule has 0 aliphatic carbocycles. The van der Waals surface area contributed by atoms with Crippen LogP contribution < -0.4 is 15.4 Å². The maximum absolute atomic E-state index is 13.1. The topological polar surface area (TPSA) is 87.7 Å². The largest absolute Gasteiger partial charge is 0.495 e. The second-order valence-corrected chi connectivity index (χ2v) is 10.5. The Morgan fingerprint density at radius 1 is 1.03 bits per heavy atom. The Morgan fingerprint density at radius 3 is 2.53 bits per heavy atom. The van der Waals surface area contributed by atoms with Gasteiger partial charge in [0.2, 0.25) is 15.9 Å². The molecule has 0 radical (unpaired) electrons. The van der Waals surface area contributed by atoms with Gasteiger partial charge in [-0.2, -0.15) is 4.31 Å². The lowest BCUT2D eigenvalue weighted by Crippen LogP contribution is -2.35. The van der Waals surface area contributed by atoms with Gasteiger partial charge in [0, 0.05) is 19.1 Å². The van der Waals surface area contributed by atoms with Crippen LogP contribution in [0.2, 0.25) is 0 Å². The Kier molecular flexibility index (Phi) is 7.50. The van der Waals surface area contributed by atoms with E-state index in [1.807, 2.05) is 25.1 Å². The number of hydrogen-bond acceptors (Lipinski definition) is 5. The maximum atomic E-state index is 13.1. The predicted molar refractivity (Wildman–Crippen MR) is 135 cm³/mol. The molecule has 1 aliphatic heterocycles. The van der Waals surface area contributed by atoms with E-state index < -0.39 is 10.0 Å². The maximum Gasteiger partial charge on any atom is 0.243 e. The van der Waals surface area contributed by atoms with Crippen molar-refractivity contribution in [1.29, 1.82) is 0 Å². The van der Waals surface area contributed by atoms with E-state index in [2.05, 4.69) is 34.9 Å². The summed E-state index contributed by atoms with van der Waals surface area (Å²) in [6.45, 7) is 3.12. The second kappa shape index (κ2) is 10.5. The summed E-state index contributed by atoms with van der Waals surface area (Å²) in [6.07, 6.45) is 2.76. The van der Waals surface area contributed by atoms with Crippen molar-refractivity contribution in [3.8, 4) is 5.75 Å². The molecule has 8 heteroatoms. The Bertz CT molecular complexity index is 1260. The van der Waals surface area contributed by atoms with Crippen LogP contribution in [0.3, 0.4) is 0 Å². The molecule has 3 aromatic rings. The number of nitrogens with one attached hydrogen (secondary N) is 2. The number of fused-ring (bicyclic) bond motifs is 1. The van der Waals surface area contributed by atoms with Crippen LogP contribution in [0, 0.1) is 0 Å². The van der Waals surface area contributed by atoms with E-state index in [4.69, 9.17) is 4.74 Å². The molecule has 0 saturated carbocycles. The first-order valence-corrected chi connectivity index (χ1v) is 13.0. The summed E-state index contributed by atoms with van der Waals surface area (Å²) in [5, 5.41) is 8.37. The van der Waals surface area contributed by atoms with Gasteiger partial charge >= 0.3 is 0 Å². The van der Waals surface area contributed by atoms with Crippen molar-refractivity contribution in [2.45, 2.75) is 37.1 Å². The fraction of sp³-hybridized carbons (Fsp3) is 0.346. The number of anilines is 1. The predicted octanol–water partition coefficient (Wildman–Crippen LogP) is 4.31. The van der Waals surface area contributed by atoms with E-state index in [1.165, 1.54) is 23.5 Å². The quantitative estimate of drug-likeness (QED) is 0.501. The Morgan fingerprint density at radius 2 is 1.76 bits per heavy atom. The zero-order valence-electron chi connectivity index (χ0n) is 19.6. The number of carbonyl (C=O) groups is 1. The highest BCUT2D eigenvalue weighted by Crippen LogP contribution is 2.30. The average Bonchev–Trinajstić information content (AvgIpc) is 2.87. The first-order valence-electron chi connectivity index (χ1n) is 11.6. The SMILES string of the molecule is COc1ccc(S(=O)(=O)N2CCCCC2)cc1NC(=O)CNC(C)c1cccc2ccccc12. The van der Waals surface area contributed by atoms with Crippen LogP contribution in [-0.4, -0.2) is 45.4 Å². The number of carbonyl (C=O) groups excluding carboxylic acids is 1. The first kappa shape index (κ1) is 24.2. The zero-order chi connectivity index (χ0) is 24.1. The third kappa shape index (κ3) is 5.24. The van der Waals surface area contributed by atoms with Gasteiger partial charge in [0.1, 0.15) is 5.75 Å². The summed E-state index contributed by atoms with van der Waals surface area (Å²) < 4.78 is 33.0. The van der Waals surface area contributed by atoms with Crippen LogP contribution in [0.15, 0.2) is 65.6 Å². The summed E-state index contributed by atoms with van der Waals surface area (Å²) in [7, 11) is -2.13. The van der Waals surface area contributed by atoms with Gasteiger partial charge in [-0.15, -0.1) is 0 Å². The fourth-order valence-electron chi connectivity index (χ4n) is 4.38. The number of sulfonamides is 1. The number of methoxy groups -OCH3 is 1. The molecular weight excluding hydrogens is 450 g/mol. The van der Waals surface area contributed by atoms with Gasteiger partial charge in [-0.3, -0.25) is 4.79 Å². The Labute approximate surface area is 201 Å². The number of nitrogens with zero attached hydrogens (tertiary/aromatic N) is 1. The summed E-state index contributed by atoms with van der Waals surface area (Å²) in [6, 6.07) is 18.8. The van der Waals surface area contributed by atoms with E-state index in [1.54, 1.807) is 6.07 Å². The summed E-state index contributed by atoms with van der Waals surface area (Å²) >= 11 is 0. The second-order valence-electron chi connectivity index (χ2n) is 8.55. The van der Waals surface area contributed by atoms with Crippen LogP contribution in [-0.2, 0) is 14.8 Å². The highest BCUT2D eigenvalue weighted by atomic mass is 32.2. The van der Waals surface area contributed by atoms with Crippen molar-refractivity contribution in [2.75, 3.05) is 32.1 Å². The van der Waals surface area contributed by atoms with Gasteiger partial charge in [-0.05, 0) is 54.3 Å². The number of ether oxygens (including phenoxy) is 1. The third-order valence-electron chi connectivity index (χ3n) is 6.26. The molecule has 1 fully saturated rings. The van der Waals surface area contributed by atoms with E-state index in [0.29, 0.717) is 24.5 Å². The van der Waals surface area contributed by atoms with Crippen LogP contribution in [0.1, 0.15) is 37.8 Å². The molecule has 3 aromatic carbocycles. The first-order chi connectivity index (χ1) is 16.4. The molecule has 1 saturated heterocycles. The molecule has 0 bridgehead atoms. The summed E-state index contributed by atoms with van der Waals surface area (Å²) in [5.74, 6) is 0.131. The van der Waals surface area contributed by atoms with Crippen molar-refractivity contribution >= 4 is 32.4 Å². The van der Waals surface area contributed by atoms with Crippen LogP contribution >= 0.6 is 0 Å². The van der Waals surface area contributed by atoms with Crippen molar-refractivity contribution in [3.63, 3.8) is 0 Å². The number of rotatable bonds is 8. The Hall–Kier alpha value is -2.94. The minimum absolute atomic E-state index is 0.0513. The lowest BCUT2D eigenvalue weighted by molar-refractivity contribution is -0.115. The Balaban J connectivity index is 1.46. The van der Waals surface area contributed by atoms with Gasteiger partial charge in [-0.25, -0.2) is 8.42 Å². The molecule has 34 heavy (non-hydrogen) atoms. The molecule has 4 rings (SSSR count). The van der Waals surface area contributed by atoms with Crippen LogP contribution in [0.5, 0.6) is 5.75 Å². The molecule has 7 nitrogen and oxygen atoms in total. The molecule has 1 aliphatic rings. The molecular formula is C26H31N3O4S. The van der Waals surface area contributed by atoms with Crippen molar-refractivity contribution in [3.05, 3.63) is 66.2 Å². The zero-order valence-corrected chi connectivity index (χ0v) is 20.4. The van der Waals surface area contributed by atoms with E-state index in [0.717, 1.165) is 35.6 Å². The normalized spacial score (nSPS) is 15.7. The van der Waals surface area contributed by atoms with Crippen LogP contribution in [0.4, 0.5) is 5.69 Å². The molecule has 2 N–H and O–H groups in total. The molecule has 0 aromatic heterocycles. The number of piperidine rings is 1. The molecule has 0 spiro atoms. The summed E-state index contributed by atoms with van der Waals surface area (Å²) in [5.41, 5.74) is 1.45. The van der Waals surface area contributed by atoms with Gasteiger partial charge in [0.15, 0.2) is 0 Å². The van der Waals surface area contributed by atoms with E-state index >= 15 is 0 Å². The number of benzene rings is 3. The minimum atomic E-state index is -3.62. The molecule has 1 unspecified atom stereocenters. The van der Waals surface area contributed by atoms with Crippen molar-refractivity contribution in [1.82, 2.24) is 9.62 Å². The summed E-state index contributed by atoms with van der Waals surface area (Å²) in [4.78, 5) is 12.9. The highest BCUT2D eigenvalue weighted by molar-refractivity contribution is 7.89. The van der Waals surface area contributed by atoms with Gasteiger partial charge in [0.05, 0.1) is 24.2 Å². The van der Waals surface area contributed by atoms with E-state index in [9.17, 15) is 13.2 Å². The van der Waals surface area contributed by atoms with E-state index in [-0.39, 0.29) is 23.4 Å². The third-order valence-corrected chi connectivity index (χ3v) is 8.15. The van der Waals surface area contributed by atoms with Crippen molar-refractivity contribution < 1.29 is 17.9 Å². The highest BCUT2D eigenvalue weighted by Gasteiger charge is 2.27. The minimum Gasteiger partial charge on any atom is -0.495 e. The molecule has 1 amide bonds. The molecule has 1 atom stereocenters. The van der Waals surface area contributed by atoms with Crippen molar-refractivity contribution in [2.24, 2.45) is 0 Å². The van der Waals surface area contributed by atoms with Crippen LogP contribution in [0.25, 0.3) is 10.8 Å². The molecule has 180 valence electrons. The van der Waals surface area contributed by atoms with Gasteiger partial charge in [-0.1, -0.05) is 48.9 Å². The lowest BCUT2D eigenvalue weighted by Gasteiger charge is -2.26. The monoisotopic (exact) mass is 481 g/mol. The van der Waals surface area contributed by atoms with Gasteiger partial charge in [0.25, 0.3) is 0 Å². The molecule has 1 heterocycles. The smallest absolute Gasteiger partial charge is 0.243 e. The lowest BCUT2D eigenvalue weighted by atomic mass is 10.00.